The SMILES string of the molecule is CN(C)c1ccc(-n2cccc2/C=C(/C#N)C(=O)N2CCOCC2)cc1. The molecule has 0 N–H and O–H groups in total. The van der Waals surface area contributed by atoms with E-state index >= 15 is 0 Å². The maximum Gasteiger partial charge on any atom is 0.264 e. The molecule has 0 atom stereocenters. The molecule has 0 bridgehead atoms. The van der Waals surface area contributed by atoms with Gasteiger partial charge in [-0.1, -0.05) is 0 Å². The van der Waals surface area contributed by atoms with E-state index in [-0.39, 0.29) is 11.5 Å². The van der Waals surface area contributed by atoms with Crippen LogP contribution in [0.1, 0.15) is 5.69 Å². The number of carbonyl (C=O) groups is 1. The molecule has 0 spiro atoms. The van der Waals surface area contributed by atoms with Crippen molar-refractivity contribution in [1.82, 2.24) is 9.47 Å². The van der Waals surface area contributed by atoms with E-state index in [1.165, 1.54) is 0 Å². The molecule has 0 saturated carbocycles. The number of nitrogens with zero attached hydrogens (tertiary/aromatic N) is 4. The summed E-state index contributed by atoms with van der Waals surface area (Å²) in [6, 6.07) is 13.9. The van der Waals surface area contributed by atoms with Gasteiger partial charge in [0.05, 0.1) is 13.2 Å². The van der Waals surface area contributed by atoms with Gasteiger partial charge in [-0.25, -0.2) is 0 Å². The fourth-order valence-corrected chi connectivity index (χ4v) is 2.88. The van der Waals surface area contributed by atoms with E-state index in [9.17, 15) is 10.1 Å². The van der Waals surface area contributed by atoms with E-state index in [1.807, 2.05) is 72.2 Å². The van der Waals surface area contributed by atoms with Crippen LogP contribution in [0.15, 0.2) is 48.2 Å². The van der Waals surface area contributed by atoms with Gasteiger partial charge >= 0.3 is 0 Å². The zero-order chi connectivity index (χ0) is 18.5. The van der Waals surface area contributed by atoms with Gasteiger partial charge in [0, 0.05) is 50.5 Å². The zero-order valence-electron chi connectivity index (χ0n) is 15.1. The minimum Gasteiger partial charge on any atom is -0.378 e. The highest BCUT2D eigenvalue weighted by Crippen LogP contribution is 2.19. The maximum atomic E-state index is 12.6. The molecule has 6 heteroatoms. The van der Waals surface area contributed by atoms with E-state index in [0.717, 1.165) is 17.1 Å². The van der Waals surface area contributed by atoms with Gasteiger partial charge in [0.1, 0.15) is 11.6 Å². The minimum absolute atomic E-state index is 0.136. The molecule has 2 aromatic rings. The van der Waals surface area contributed by atoms with Crippen LogP contribution in [0.25, 0.3) is 11.8 Å². The molecule has 1 aliphatic rings. The quantitative estimate of drug-likeness (QED) is 0.627. The second-order valence-corrected chi connectivity index (χ2v) is 6.29. The lowest BCUT2D eigenvalue weighted by molar-refractivity contribution is -0.130. The summed E-state index contributed by atoms with van der Waals surface area (Å²) in [6.45, 7) is 2.06. The van der Waals surface area contributed by atoms with Gasteiger partial charge in [-0.3, -0.25) is 4.79 Å². The van der Waals surface area contributed by atoms with E-state index in [0.29, 0.717) is 26.3 Å². The van der Waals surface area contributed by atoms with Gasteiger partial charge in [-0.15, -0.1) is 0 Å². The average molecular weight is 350 g/mol. The molecule has 1 aromatic carbocycles. The van der Waals surface area contributed by atoms with Crippen LogP contribution in [-0.2, 0) is 9.53 Å². The molecular weight excluding hydrogens is 328 g/mol. The Hall–Kier alpha value is -3.04. The van der Waals surface area contributed by atoms with Gasteiger partial charge in [0.15, 0.2) is 0 Å². The lowest BCUT2D eigenvalue weighted by Crippen LogP contribution is -2.41. The highest BCUT2D eigenvalue weighted by molar-refractivity contribution is 6.01. The maximum absolute atomic E-state index is 12.6. The summed E-state index contributed by atoms with van der Waals surface area (Å²) < 4.78 is 7.23. The second kappa shape index (κ2) is 7.89. The number of anilines is 1. The molecule has 3 rings (SSSR count). The first-order chi connectivity index (χ1) is 12.6. The van der Waals surface area contributed by atoms with Crippen LogP contribution >= 0.6 is 0 Å². The molecule has 134 valence electrons. The number of hydrogen-bond donors (Lipinski definition) is 0. The van der Waals surface area contributed by atoms with Gasteiger partial charge < -0.3 is 19.1 Å². The van der Waals surface area contributed by atoms with Crippen LogP contribution < -0.4 is 4.90 Å². The standard InChI is InChI=1S/C20H22N4O2/c1-22(2)17-5-7-18(8-6-17)24-9-3-4-19(24)14-16(15-21)20(25)23-10-12-26-13-11-23/h3-9,14H,10-13H2,1-2H3/b16-14-. The number of hydrogen-bond acceptors (Lipinski definition) is 4. The minimum atomic E-state index is -0.244. The highest BCUT2D eigenvalue weighted by Gasteiger charge is 2.21. The summed E-state index contributed by atoms with van der Waals surface area (Å²) in [5, 5.41) is 9.47. The molecule has 0 unspecified atom stereocenters. The molecule has 1 aromatic heterocycles. The molecule has 1 saturated heterocycles. The summed E-state index contributed by atoms with van der Waals surface area (Å²) in [4.78, 5) is 16.3. The fourth-order valence-electron chi connectivity index (χ4n) is 2.88. The molecule has 1 amide bonds. The summed E-state index contributed by atoms with van der Waals surface area (Å²) in [5.41, 5.74) is 3.01. The number of morpholine rings is 1. The molecule has 2 heterocycles. The monoisotopic (exact) mass is 350 g/mol. The van der Waals surface area contributed by atoms with Gasteiger partial charge in [0.25, 0.3) is 5.91 Å². The topological polar surface area (TPSA) is 61.5 Å². The number of rotatable bonds is 4. The Morgan fingerprint density at radius 1 is 1.19 bits per heavy atom. The third kappa shape index (κ3) is 3.79. The van der Waals surface area contributed by atoms with Crippen molar-refractivity contribution in [3.63, 3.8) is 0 Å². The zero-order valence-corrected chi connectivity index (χ0v) is 15.1. The smallest absolute Gasteiger partial charge is 0.264 e. The van der Waals surface area contributed by atoms with Gasteiger partial charge in [0.2, 0.25) is 0 Å². The number of benzene rings is 1. The molecule has 26 heavy (non-hydrogen) atoms. The summed E-state index contributed by atoms with van der Waals surface area (Å²) in [6.07, 6.45) is 3.57. The molecule has 1 fully saturated rings. The number of nitriles is 1. The lowest BCUT2D eigenvalue weighted by Gasteiger charge is -2.26. The average Bonchev–Trinajstić information content (AvgIpc) is 3.14. The van der Waals surface area contributed by atoms with Crippen LogP contribution in [0.5, 0.6) is 0 Å². The van der Waals surface area contributed by atoms with Crippen LogP contribution in [0.4, 0.5) is 5.69 Å². The van der Waals surface area contributed by atoms with Crippen molar-refractivity contribution in [2.24, 2.45) is 0 Å². The lowest BCUT2D eigenvalue weighted by atomic mass is 10.2. The first-order valence-corrected chi connectivity index (χ1v) is 8.54. The first kappa shape index (κ1) is 17.8. The first-order valence-electron chi connectivity index (χ1n) is 8.54. The van der Waals surface area contributed by atoms with Crippen molar-refractivity contribution in [2.75, 3.05) is 45.3 Å². The Morgan fingerprint density at radius 2 is 1.88 bits per heavy atom. The van der Waals surface area contributed by atoms with Crippen molar-refractivity contribution in [1.29, 1.82) is 5.26 Å². The summed E-state index contributed by atoms with van der Waals surface area (Å²) in [5.74, 6) is -0.244. The number of aromatic nitrogens is 1. The van der Waals surface area contributed by atoms with E-state index in [1.54, 1.807) is 11.0 Å². The van der Waals surface area contributed by atoms with E-state index in [2.05, 4.69) is 0 Å². The molecular formula is C20H22N4O2. The number of ether oxygens (including phenoxy) is 1. The molecule has 6 nitrogen and oxygen atoms in total. The van der Waals surface area contributed by atoms with Crippen molar-refractivity contribution < 1.29 is 9.53 Å². The van der Waals surface area contributed by atoms with Crippen molar-refractivity contribution in [3.8, 4) is 11.8 Å². The number of amides is 1. The van der Waals surface area contributed by atoms with Crippen molar-refractivity contribution in [2.45, 2.75) is 0 Å². The van der Waals surface area contributed by atoms with E-state index < -0.39 is 0 Å². The predicted octanol–water partition coefficient (Wildman–Crippen LogP) is 2.31. The molecule has 0 radical (unpaired) electrons. The molecule has 0 aliphatic carbocycles. The van der Waals surface area contributed by atoms with Crippen LogP contribution in [-0.4, -0.2) is 55.8 Å². The Kier molecular flexibility index (Phi) is 5.40. The second-order valence-electron chi connectivity index (χ2n) is 6.29. The van der Waals surface area contributed by atoms with Crippen LogP contribution in [0, 0.1) is 11.3 Å². The van der Waals surface area contributed by atoms with Gasteiger partial charge in [-0.05, 0) is 42.5 Å². The van der Waals surface area contributed by atoms with Crippen LogP contribution in [0.3, 0.4) is 0 Å². The Labute approximate surface area is 153 Å². The largest absolute Gasteiger partial charge is 0.378 e. The van der Waals surface area contributed by atoms with Gasteiger partial charge in [-0.2, -0.15) is 5.26 Å². The Morgan fingerprint density at radius 3 is 2.50 bits per heavy atom. The third-order valence-corrected chi connectivity index (χ3v) is 4.37. The fraction of sp³-hybridized carbons (Fsp3) is 0.300. The van der Waals surface area contributed by atoms with Crippen LogP contribution in [0.2, 0.25) is 0 Å². The molecule has 1 aliphatic heterocycles. The summed E-state index contributed by atoms with van der Waals surface area (Å²) in [7, 11) is 3.99. The highest BCUT2D eigenvalue weighted by atomic mass is 16.5. The predicted molar refractivity (Wildman–Crippen MR) is 101 cm³/mol. The Bertz CT molecular complexity index is 837. The van der Waals surface area contributed by atoms with Crippen molar-refractivity contribution in [3.05, 3.63) is 53.9 Å². The number of carbonyl (C=O) groups excluding carboxylic acids is 1. The Balaban J connectivity index is 1.87. The third-order valence-electron chi connectivity index (χ3n) is 4.37. The summed E-state index contributed by atoms with van der Waals surface area (Å²) >= 11 is 0. The normalized spacial score (nSPS) is 14.8. The van der Waals surface area contributed by atoms with Crippen molar-refractivity contribution >= 4 is 17.7 Å². The van der Waals surface area contributed by atoms with E-state index in [4.69, 9.17) is 4.74 Å².